The van der Waals surface area contributed by atoms with Crippen LogP contribution in [-0.4, -0.2) is 5.54 Å². The van der Waals surface area contributed by atoms with Crippen LogP contribution in [0.1, 0.15) is 59.6 Å². The molecule has 0 unspecified atom stereocenters. The molecule has 1 aliphatic rings. The topological polar surface area (TPSA) is 9.72 Å². The number of anilines is 8. The Bertz CT molecular complexity index is 1690. The molecule has 0 bridgehead atoms. The van der Waals surface area contributed by atoms with Crippen LogP contribution in [-0.2, 0) is 8.65 Å². The van der Waals surface area contributed by atoms with Crippen molar-refractivity contribution in [1.82, 2.24) is 0 Å². The maximum absolute atomic E-state index is 3.82. The molecule has 0 atom stereocenters. The van der Waals surface area contributed by atoms with E-state index in [1.807, 2.05) is 0 Å². The van der Waals surface area contributed by atoms with Crippen molar-refractivity contribution in [1.29, 1.82) is 0 Å². The minimum atomic E-state index is -0.0925. The summed E-state index contributed by atoms with van der Waals surface area (Å²) < 4.78 is -0.185. The van der Waals surface area contributed by atoms with Gasteiger partial charge in [0, 0.05) is 36.9 Å². The fourth-order valence-electron chi connectivity index (χ4n) is 6.16. The molecule has 230 valence electrons. The molecule has 0 aliphatic carbocycles. The van der Waals surface area contributed by atoms with Gasteiger partial charge in [-0.2, -0.15) is 0 Å². The summed E-state index contributed by atoms with van der Waals surface area (Å²) >= 11 is 7.64. The molecular formula is C40H41Br2N3. The van der Waals surface area contributed by atoms with Gasteiger partial charge in [0.05, 0.1) is 22.7 Å². The molecular weight excluding hydrogens is 682 g/mol. The van der Waals surface area contributed by atoms with Crippen LogP contribution in [0.15, 0.2) is 121 Å². The predicted molar refractivity (Wildman–Crippen MR) is 202 cm³/mol. The van der Waals surface area contributed by atoms with Gasteiger partial charge in [-0.25, -0.2) is 0 Å². The van der Waals surface area contributed by atoms with Crippen LogP contribution in [0.4, 0.5) is 45.5 Å². The summed E-state index contributed by atoms with van der Waals surface area (Å²) in [6, 6.07) is 44.1. The number of hydrogen-bond donors (Lipinski definition) is 0. The summed E-state index contributed by atoms with van der Waals surface area (Å²) in [4.78, 5) is 7.18. The van der Waals surface area contributed by atoms with Gasteiger partial charge in [-0.05, 0) is 132 Å². The molecule has 5 heteroatoms. The van der Waals surface area contributed by atoms with E-state index < -0.39 is 0 Å². The maximum Gasteiger partial charge on any atom is 0.0699 e. The Morgan fingerprint density at radius 1 is 0.444 bits per heavy atom. The molecule has 6 rings (SSSR count). The van der Waals surface area contributed by atoms with E-state index in [1.165, 1.54) is 33.9 Å². The van der Waals surface area contributed by atoms with Gasteiger partial charge in [0.1, 0.15) is 0 Å². The highest BCUT2D eigenvalue weighted by molar-refractivity contribution is 9.09. The summed E-state index contributed by atoms with van der Waals surface area (Å²) in [5, 5.41) is 0. The first-order valence-corrected chi connectivity index (χ1v) is 17.1. The van der Waals surface area contributed by atoms with Crippen LogP contribution < -0.4 is 14.7 Å². The average Bonchev–Trinajstić information content (AvgIpc) is 2.99. The van der Waals surface area contributed by atoms with Crippen LogP contribution in [0.3, 0.4) is 0 Å². The van der Waals surface area contributed by atoms with Gasteiger partial charge in [-0.15, -0.1) is 0 Å². The number of para-hydroxylation sites is 4. The fourth-order valence-corrected chi connectivity index (χ4v) is 6.69. The molecule has 0 radical (unpaired) electrons. The number of hydrogen-bond acceptors (Lipinski definition) is 3. The standard InChI is InChI=1S/C40H41Br2N3/c1-38(2,3)45-36-14-10-8-12-34(36)44(35-13-9-11-15-37(35)45)33-26-24-32(25-27-33)43(30-20-16-28(17-21-30)39(4,5)41)31-22-18-29(19-23-31)40(6,7)42/h8-27H,1-7H3. The van der Waals surface area contributed by atoms with Gasteiger partial charge in [-0.3, -0.25) is 0 Å². The van der Waals surface area contributed by atoms with Crippen LogP contribution >= 0.6 is 31.9 Å². The highest BCUT2D eigenvalue weighted by atomic mass is 79.9. The Morgan fingerprint density at radius 2 is 0.778 bits per heavy atom. The molecule has 3 nitrogen and oxygen atoms in total. The number of halogens is 2. The Labute approximate surface area is 285 Å². The highest BCUT2D eigenvalue weighted by Gasteiger charge is 2.34. The summed E-state index contributed by atoms with van der Waals surface area (Å²) in [7, 11) is 0. The second-order valence-corrected chi connectivity index (χ2v) is 17.7. The van der Waals surface area contributed by atoms with Crippen molar-refractivity contribution in [3.05, 3.63) is 132 Å². The third kappa shape index (κ3) is 6.17. The van der Waals surface area contributed by atoms with Gasteiger partial charge >= 0.3 is 0 Å². The zero-order valence-electron chi connectivity index (χ0n) is 27.1. The average molecular weight is 724 g/mol. The van der Waals surface area contributed by atoms with E-state index in [0.29, 0.717) is 0 Å². The molecule has 1 aliphatic heterocycles. The summed E-state index contributed by atoms with van der Waals surface area (Å²) in [5.41, 5.74) is 11.6. The van der Waals surface area contributed by atoms with E-state index in [-0.39, 0.29) is 14.2 Å². The molecule has 0 N–H and O–H groups in total. The normalized spacial score (nSPS) is 13.4. The van der Waals surface area contributed by atoms with Gasteiger partial charge in [0.2, 0.25) is 0 Å². The molecule has 5 aromatic rings. The van der Waals surface area contributed by atoms with Crippen molar-refractivity contribution >= 4 is 77.4 Å². The first-order valence-electron chi connectivity index (χ1n) is 15.5. The number of alkyl halides is 2. The molecule has 5 aromatic carbocycles. The Kier molecular flexibility index (Phi) is 8.16. The quantitative estimate of drug-likeness (QED) is 0.162. The molecule has 0 aromatic heterocycles. The summed E-state index contributed by atoms with van der Waals surface area (Å²) in [6.07, 6.45) is 0. The first kappa shape index (κ1) is 31.4. The van der Waals surface area contributed by atoms with Crippen LogP contribution in [0.25, 0.3) is 0 Å². The monoisotopic (exact) mass is 721 g/mol. The molecule has 0 amide bonds. The molecule has 0 fully saturated rings. The molecule has 0 spiro atoms. The lowest BCUT2D eigenvalue weighted by Gasteiger charge is -2.46. The Balaban J connectivity index is 1.44. The van der Waals surface area contributed by atoms with Crippen molar-refractivity contribution in [2.45, 2.75) is 62.7 Å². The largest absolute Gasteiger partial charge is 0.333 e. The Hall–Kier alpha value is -3.54. The van der Waals surface area contributed by atoms with E-state index in [1.54, 1.807) is 0 Å². The number of nitrogens with zero attached hydrogens (tertiary/aromatic N) is 3. The lowest BCUT2D eigenvalue weighted by Crippen LogP contribution is -2.41. The minimum Gasteiger partial charge on any atom is -0.333 e. The zero-order chi connectivity index (χ0) is 32.1. The third-order valence-electron chi connectivity index (χ3n) is 8.39. The van der Waals surface area contributed by atoms with Gasteiger partial charge in [-0.1, -0.05) is 80.4 Å². The van der Waals surface area contributed by atoms with Crippen LogP contribution in [0, 0.1) is 0 Å². The van der Waals surface area contributed by atoms with E-state index >= 15 is 0 Å². The van der Waals surface area contributed by atoms with Gasteiger partial charge < -0.3 is 14.7 Å². The predicted octanol–water partition coefficient (Wildman–Crippen LogP) is 13.1. The number of fused-ring (bicyclic) bond motifs is 2. The molecule has 0 saturated heterocycles. The smallest absolute Gasteiger partial charge is 0.0699 e. The van der Waals surface area contributed by atoms with Crippen molar-refractivity contribution in [2.24, 2.45) is 0 Å². The van der Waals surface area contributed by atoms with Crippen LogP contribution in [0.2, 0.25) is 0 Å². The number of rotatable bonds is 6. The van der Waals surface area contributed by atoms with E-state index in [0.717, 1.165) is 22.7 Å². The van der Waals surface area contributed by atoms with Crippen LogP contribution in [0.5, 0.6) is 0 Å². The highest BCUT2D eigenvalue weighted by Crippen LogP contribution is 2.53. The van der Waals surface area contributed by atoms with Gasteiger partial charge in [0.25, 0.3) is 0 Å². The van der Waals surface area contributed by atoms with E-state index in [4.69, 9.17) is 0 Å². The van der Waals surface area contributed by atoms with Gasteiger partial charge in [0.15, 0.2) is 0 Å². The summed E-state index contributed by atoms with van der Waals surface area (Å²) in [5.74, 6) is 0. The zero-order valence-corrected chi connectivity index (χ0v) is 30.3. The second kappa shape index (κ2) is 11.7. The maximum atomic E-state index is 3.82. The van der Waals surface area contributed by atoms with E-state index in [2.05, 4.69) is 216 Å². The van der Waals surface area contributed by atoms with Crippen molar-refractivity contribution < 1.29 is 0 Å². The Morgan fingerprint density at radius 3 is 1.11 bits per heavy atom. The lowest BCUT2D eigenvalue weighted by molar-refractivity contribution is 0.559. The second-order valence-electron chi connectivity index (χ2n) is 13.7. The minimum absolute atomic E-state index is 0.0815. The third-order valence-corrected chi connectivity index (χ3v) is 9.30. The molecule has 45 heavy (non-hydrogen) atoms. The lowest BCUT2D eigenvalue weighted by atomic mass is 9.98. The molecule has 0 saturated carbocycles. The van der Waals surface area contributed by atoms with E-state index in [9.17, 15) is 0 Å². The van der Waals surface area contributed by atoms with Crippen molar-refractivity contribution in [3.8, 4) is 0 Å². The van der Waals surface area contributed by atoms with Crippen molar-refractivity contribution in [2.75, 3.05) is 14.7 Å². The fraction of sp³-hybridized carbons (Fsp3) is 0.250. The number of benzene rings is 5. The SMILES string of the molecule is CC(C)(Br)c1ccc(N(c2ccc(N3c4ccccc4N(C(C)(C)C)c4ccccc43)cc2)c2ccc(C(C)(C)Br)cc2)cc1. The van der Waals surface area contributed by atoms with Crippen molar-refractivity contribution in [3.63, 3.8) is 0 Å². The first-order chi connectivity index (χ1) is 21.2. The summed E-state index contributed by atoms with van der Waals surface area (Å²) in [6.45, 7) is 15.5. The molecule has 1 heterocycles.